The Morgan fingerprint density at radius 2 is 2.03 bits per heavy atom. The Kier molecular flexibility index (Phi) is 4.87. The number of methoxy groups -OCH3 is 1. The SMILES string of the molecule is COc1ccc(-c2csc3nc(NC(=O)c4ccc(Cl)cc4[N+](=O)[O-])nn23)cc1. The molecule has 29 heavy (non-hydrogen) atoms. The van der Waals surface area contributed by atoms with Gasteiger partial charge in [0.05, 0.1) is 17.7 Å². The van der Waals surface area contributed by atoms with E-state index in [9.17, 15) is 14.9 Å². The van der Waals surface area contributed by atoms with Crippen LogP contribution in [0, 0.1) is 10.1 Å². The summed E-state index contributed by atoms with van der Waals surface area (Å²) in [5, 5.41) is 20.1. The van der Waals surface area contributed by atoms with E-state index in [1.54, 1.807) is 11.6 Å². The number of ether oxygens (including phenoxy) is 1. The van der Waals surface area contributed by atoms with Crippen LogP contribution in [0.4, 0.5) is 11.6 Å². The van der Waals surface area contributed by atoms with Crippen LogP contribution in [0.15, 0.2) is 47.8 Å². The molecule has 9 nitrogen and oxygen atoms in total. The van der Waals surface area contributed by atoms with E-state index in [0.717, 1.165) is 23.1 Å². The van der Waals surface area contributed by atoms with Gasteiger partial charge in [-0.3, -0.25) is 20.2 Å². The topological polar surface area (TPSA) is 112 Å². The second kappa shape index (κ2) is 7.49. The largest absolute Gasteiger partial charge is 0.497 e. The fourth-order valence-electron chi connectivity index (χ4n) is 2.71. The van der Waals surface area contributed by atoms with E-state index < -0.39 is 16.5 Å². The van der Waals surface area contributed by atoms with Crippen LogP contribution in [0.25, 0.3) is 16.2 Å². The lowest BCUT2D eigenvalue weighted by molar-refractivity contribution is -0.385. The van der Waals surface area contributed by atoms with E-state index in [-0.39, 0.29) is 16.5 Å². The molecule has 0 bridgehead atoms. The lowest BCUT2D eigenvalue weighted by Gasteiger charge is -2.03. The van der Waals surface area contributed by atoms with Crippen LogP contribution in [0.2, 0.25) is 5.02 Å². The zero-order valence-corrected chi connectivity index (χ0v) is 16.4. The third kappa shape index (κ3) is 3.62. The fraction of sp³-hybridized carbons (Fsp3) is 0.0556. The summed E-state index contributed by atoms with van der Waals surface area (Å²) in [5.41, 5.74) is 1.16. The molecule has 0 atom stereocenters. The Bertz CT molecular complexity index is 1240. The predicted molar refractivity (Wildman–Crippen MR) is 109 cm³/mol. The summed E-state index contributed by atoms with van der Waals surface area (Å²) in [7, 11) is 1.59. The zero-order chi connectivity index (χ0) is 20.5. The van der Waals surface area contributed by atoms with Gasteiger partial charge < -0.3 is 4.74 Å². The van der Waals surface area contributed by atoms with Crippen molar-refractivity contribution in [3.8, 4) is 17.0 Å². The Morgan fingerprint density at radius 3 is 2.72 bits per heavy atom. The lowest BCUT2D eigenvalue weighted by Crippen LogP contribution is -2.15. The molecule has 0 unspecified atom stereocenters. The number of benzene rings is 2. The first kappa shape index (κ1) is 18.8. The third-order valence-corrected chi connectivity index (χ3v) is 5.15. The third-order valence-electron chi connectivity index (χ3n) is 4.09. The molecule has 0 saturated carbocycles. The van der Waals surface area contributed by atoms with E-state index >= 15 is 0 Å². The summed E-state index contributed by atoms with van der Waals surface area (Å²) in [6.07, 6.45) is 0. The van der Waals surface area contributed by atoms with E-state index in [1.807, 2.05) is 29.6 Å². The van der Waals surface area contributed by atoms with E-state index in [2.05, 4.69) is 15.4 Å². The molecule has 0 saturated heterocycles. The number of amides is 1. The van der Waals surface area contributed by atoms with E-state index in [4.69, 9.17) is 16.3 Å². The molecule has 4 aromatic rings. The number of fused-ring (bicyclic) bond motifs is 1. The minimum Gasteiger partial charge on any atom is -0.497 e. The van der Waals surface area contributed by atoms with Crippen molar-refractivity contribution in [2.24, 2.45) is 0 Å². The van der Waals surface area contributed by atoms with Gasteiger partial charge in [0.25, 0.3) is 17.5 Å². The molecule has 0 aliphatic rings. The van der Waals surface area contributed by atoms with Gasteiger partial charge in [-0.2, -0.15) is 4.98 Å². The Labute approximate surface area is 172 Å². The number of carbonyl (C=O) groups is 1. The maximum atomic E-state index is 12.5. The molecule has 0 aliphatic carbocycles. The summed E-state index contributed by atoms with van der Waals surface area (Å²) in [6.45, 7) is 0. The monoisotopic (exact) mass is 429 g/mol. The number of carbonyl (C=O) groups excluding carboxylic acids is 1. The number of nitro groups is 1. The highest BCUT2D eigenvalue weighted by atomic mass is 35.5. The summed E-state index contributed by atoms with van der Waals surface area (Å²) in [6, 6.07) is 11.3. The van der Waals surface area contributed by atoms with E-state index in [1.165, 1.54) is 23.5 Å². The quantitative estimate of drug-likeness (QED) is 0.374. The average molecular weight is 430 g/mol. The van der Waals surface area contributed by atoms with Crippen LogP contribution in [-0.2, 0) is 0 Å². The highest BCUT2D eigenvalue weighted by Gasteiger charge is 2.22. The number of anilines is 1. The number of hydrogen-bond acceptors (Lipinski definition) is 7. The molecule has 146 valence electrons. The first-order valence-corrected chi connectivity index (χ1v) is 9.46. The summed E-state index contributed by atoms with van der Waals surface area (Å²) in [5.74, 6) is 0.0785. The number of hydrogen-bond donors (Lipinski definition) is 1. The number of halogens is 1. The van der Waals surface area contributed by atoms with Crippen molar-refractivity contribution >= 4 is 45.4 Å². The minimum atomic E-state index is -0.697. The molecule has 4 rings (SSSR count). The Morgan fingerprint density at radius 1 is 1.28 bits per heavy atom. The van der Waals surface area contributed by atoms with Gasteiger partial charge >= 0.3 is 0 Å². The molecule has 0 aliphatic heterocycles. The molecule has 0 fully saturated rings. The molecule has 1 amide bonds. The van der Waals surface area contributed by atoms with Gasteiger partial charge in [-0.15, -0.1) is 16.4 Å². The highest BCUT2D eigenvalue weighted by molar-refractivity contribution is 7.15. The normalized spacial score (nSPS) is 10.8. The van der Waals surface area contributed by atoms with E-state index in [0.29, 0.717) is 4.96 Å². The van der Waals surface area contributed by atoms with Gasteiger partial charge in [0, 0.05) is 22.0 Å². The molecule has 11 heteroatoms. The first-order valence-electron chi connectivity index (χ1n) is 8.20. The molecular formula is C18H12ClN5O4S. The maximum absolute atomic E-state index is 12.5. The Balaban J connectivity index is 1.63. The number of nitrogens with one attached hydrogen (secondary N) is 1. The lowest BCUT2D eigenvalue weighted by atomic mass is 10.1. The van der Waals surface area contributed by atoms with Crippen molar-refractivity contribution < 1.29 is 14.5 Å². The van der Waals surface area contributed by atoms with Gasteiger partial charge in [0.15, 0.2) is 0 Å². The van der Waals surface area contributed by atoms with Crippen molar-refractivity contribution in [1.29, 1.82) is 0 Å². The molecule has 2 heterocycles. The van der Waals surface area contributed by atoms with Crippen LogP contribution in [0.3, 0.4) is 0 Å². The number of thiazole rings is 1. The first-order chi connectivity index (χ1) is 14.0. The standard InChI is InChI=1S/C18H12ClN5O4S/c1-28-12-5-2-10(3-6-12)15-9-29-18-21-17(22-23(15)18)20-16(25)13-7-4-11(19)8-14(13)24(26)27/h2-9H,1H3,(H,20,22,25). The number of rotatable bonds is 5. The predicted octanol–water partition coefficient (Wildman–Crippen LogP) is 4.28. The number of nitrogens with zero attached hydrogens (tertiary/aromatic N) is 4. The molecule has 0 spiro atoms. The van der Waals surface area contributed by atoms with Crippen LogP contribution in [-0.4, -0.2) is 32.5 Å². The molecule has 0 radical (unpaired) electrons. The van der Waals surface area contributed by atoms with Gasteiger partial charge in [0.2, 0.25) is 4.96 Å². The average Bonchev–Trinajstić information content (AvgIpc) is 3.28. The minimum absolute atomic E-state index is 0.0425. The summed E-state index contributed by atoms with van der Waals surface area (Å²) in [4.78, 5) is 27.9. The fourth-order valence-corrected chi connectivity index (χ4v) is 3.71. The molecule has 1 N–H and O–H groups in total. The molecule has 2 aromatic carbocycles. The second-order valence-electron chi connectivity index (χ2n) is 5.85. The Hall–Kier alpha value is -3.50. The van der Waals surface area contributed by atoms with Crippen molar-refractivity contribution in [2.75, 3.05) is 12.4 Å². The second-order valence-corrected chi connectivity index (χ2v) is 7.12. The van der Waals surface area contributed by atoms with Crippen LogP contribution in [0.1, 0.15) is 10.4 Å². The van der Waals surface area contributed by atoms with Crippen molar-refractivity contribution in [2.45, 2.75) is 0 Å². The van der Waals surface area contributed by atoms with Gasteiger partial charge in [-0.05, 0) is 36.4 Å². The van der Waals surface area contributed by atoms with Gasteiger partial charge in [0.1, 0.15) is 11.3 Å². The summed E-state index contributed by atoms with van der Waals surface area (Å²) < 4.78 is 6.76. The van der Waals surface area contributed by atoms with Crippen LogP contribution < -0.4 is 10.1 Å². The van der Waals surface area contributed by atoms with Gasteiger partial charge in [-0.25, -0.2) is 4.52 Å². The highest BCUT2D eigenvalue weighted by Crippen LogP contribution is 2.28. The van der Waals surface area contributed by atoms with Gasteiger partial charge in [-0.1, -0.05) is 11.6 Å². The van der Waals surface area contributed by atoms with Crippen LogP contribution in [0.5, 0.6) is 5.75 Å². The molecular weight excluding hydrogens is 418 g/mol. The number of aromatic nitrogens is 3. The van der Waals surface area contributed by atoms with Crippen molar-refractivity contribution in [3.05, 3.63) is 68.5 Å². The molecule has 2 aromatic heterocycles. The maximum Gasteiger partial charge on any atom is 0.283 e. The smallest absolute Gasteiger partial charge is 0.283 e. The van der Waals surface area contributed by atoms with Crippen LogP contribution >= 0.6 is 22.9 Å². The van der Waals surface area contributed by atoms with Crippen molar-refractivity contribution in [3.63, 3.8) is 0 Å². The summed E-state index contributed by atoms with van der Waals surface area (Å²) >= 11 is 7.14. The number of nitro benzene ring substituents is 1. The van der Waals surface area contributed by atoms with Crippen molar-refractivity contribution in [1.82, 2.24) is 14.6 Å². The zero-order valence-electron chi connectivity index (χ0n) is 14.8.